The largest absolute Gasteiger partial charge is 0.399 e. The van der Waals surface area contributed by atoms with Gasteiger partial charge in [-0.25, -0.2) is 17.1 Å². The van der Waals surface area contributed by atoms with Crippen LogP contribution in [0.3, 0.4) is 0 Å². The zero-order chi connectivity index (χ0) is 12.3. The molecule has 6 heteroatoms. The van der Waals surface area contributed by atoms with Gasteiger partial charge in [0, 0.05) is 19.3 Å². The summed E-state index contributed by atoms with van der Waals surface area (Å²) in [6.07, 6.45) is 0.666. The lowest BCUT2D eigenvalue weighted by molar-refractivity contribution is 0.462. The predicted octanol–water partition coefficient (Wildman–Crippen LogP) is 1.44. The molecule has 0 atom stereocenters. The minimum absolute atomic E-state index is 0.227. The number of rotatable bonds is 4. The molecule has 16 heavy (non-hydrogen) atoms. The van der Waals surface area contributed by atoms with Crippen LogP contribution in [-0.2, 0) is 10.0 Å². The van der Waals surface area contributed by atoms with Crippen LogP contribution in [0, 0.1) is 5.82 Å². The molecule has 90 valence electrons. The number of nitrogens with two attached hydrogens (primary N) is 1. The van der Waals surface area contributed by atoms with Crippen molar-refractivity contribution < 1.29 is 12.8 Å². The van der Waals surface area contributed by atoms with E-state index in [0.29, 0.717) is 13.0 Å². The van der Waals surface area contributed by atoms with E-state index in [-0.39, 0.29) is 10.6 Å². The van der Waals surface area contributed by atoms with Gasteiger partial charge in [-0.1, -0.05) is 6.92 Å². The van der Waals surface area contributed by atoms with Gasteiger partial charge in [0.25, 0.3) is 0 Å². The quantitative estimate of drug-likeness (QED) is 0.818. The van der Waals surface area contributed by atoms with E-state index in [0.717, 1.165) is 16.4 Å². The molecule has 1 aromatic carbocycles. The van der Waals surface area contributed by atoms with Crippen molar-refractivity contribution in [2.24, 2.45) is 0 Å². The summed E-state index contributed by atoms with van der Waals surface area (Å²) in [5.74, 6) is -0.780. The SMILES string of the molecule is CCCN(C)S(=O)(=O)c1cc(N)ccc1F. The predicted molar refractivity (Wildman–Crippen MR) is 60.9 cm³/mol. The molecule has 1 rings (SSSR count). The molecule has 0 fully saturated rings. The monoisotopic (exact) mass is 246 g/mol. The fraction of sp³-hybridized carbons (Fsp3) is 0.400. The Morgan fingerprint density at radius 1 is 1.44 bits per heavy atom. The van der Waals surface area contributed by atoms with Crippen molar-refractivity contribution in [3.63, 3.8) is 0 Å². The van der Waals surface area contributed by atoms with Gasteiger partial charge in [-0.2, -0.15) is 0 Å². The fourth-order valence-corrected chi connectivity index (χ4v) is 2.68. The standard InChI is InChI=1S/C10H15FN2O2S/c1-3-6-13(2)16(14,15)10-7-8(12)4-5-9(10)11/h4-5,7H,3,6,12H2,1-2H3. The van der Waals surface area contributed by atoms with Crippen molar-refractivity contribution in [2.75, 3.05) is 19.3 Å². The third kappa shape index (κ3) is 2.51. The van der Waals surface area contributed by atoms with Crippen LogP contribution in [0.5, 0.6) is 0 Å². The number of hydrogen-bond acceptors (Lipinski definition) is 3. The molecule has 0 saturated heterocycles. The van der Waals surface area contributed by atoms with Crippen LogP contribution in [0.1, 0.15) is 13.3 Å². The minimum Gasteiger partial charge on any atom is -0.399 e. The lowest BCUT2D eigenvalue weighted by atomic mass is 10.3. The fourth-order valence-electron chi connectivity index (χ4n) is 1.32. The normalized spacial score (nSPS) is 12.0. The second-order valence-corrected chi connectivity index (χ2v) is 5.53. The van der Waals surface area contributed by atoms with Crippen LogP contribution in [0.2, 0.25) is 0 Å². The molecule has 0 aromatic heterocycles. The van der Waals surface area contributed by atoms with Crippen LogP contribution in [0.15, 0.2) is 23.1 Å². The lowest BCUT2D eigenvalue weighted by Crippen LogP contribution is -2.28. The van der Waals surface area contributed by atoms with Gasteiger partial charge in [0.1, 0.15) is 10.7 Å². The topological polar surface area (TPSA) is 63.4 Å². The molecular weight excluding hydrogens is 231 g/mol. The first-order chi connectivity index (χ1) is 7.39. The van der Waals surface area contributed by atoms with E-state index in [9.17, 15) is 12.8 Å². The maximum Gasteiger partial charge on any atom is 0.245 e. The Labute approximate surface area is 94.9 Å². The number of nitrogen functional groups attached to an aromatic ring is 1. The average Bonchev–Trinajstić information content (AvgIpc) is 2.22. The molecule has 2 N–H and O–H groups in total. The van der Waals surface area contributed by atoms with Crippen LogP contribution >= 0.6 is 0 Å². The maximum absolute atomic E-state index is 13.4. The van der Waals surface area contributed by atoms with Crippen LogP contribution < -0.4 is 5.73 Å². The molecule has 0 saturated carbocycles. The number of anilines is 1. The van der Waals surface area contributed by atoms with Crippen molar-refractivity contribution in [3.8, 4) is 0 Å². The highest BCUT2D eigenvalue weighted by molar-refractivity contribution is 7.89. The third-order valence-electron chi connectivity index (χ3n) is 2.18. The summed E-state index contributed by atoms with van der Waals surface area (Å²) in [5.41, 5.74) is 5.68. The van der Waals surface area contributed by atoms with Crippen molar-refractivity contribution in [3.05, 3.63) is 24.0 Å². The van der Waals surface area contributed by atoms with Gasteiger partial charge in [-0.05, 0) is 24.6 Å². The summed E-state index contributed by atoms with van der Waals surface area (Å²) < 4.78 is 38.4. The van der Waals surface area contributed by atoms with E-state index in [1.807, 2.05) is 6.92 Å². The molecule has 4 nitrogen and oxygen atoms in total. The molecule has 0 radical (unpaired) electrons. The van der Waals surface area contributed by atoms with Crippen LogP contribution in [-0.4, -0.2) is 26.3 Å². The van der Waals surface area contributed by atoms with Crippen molar-refractivity contribution in [1.82, 2.24) is 4.31 Å². The van der Waals surface area contributed by atoms with Gasteiger partial charge in [0.05, 0.1) is 0 Å². The minimum atomic E-state index is -3.78. The first-order valence-electron chi connectivity index (χ1n) is 4.91. The van der Waals surface area contributed by atoms with Gasteiger partial charge in [0.15, 0.2) is 0 Å². The summed E-state index contributed by atoms with van der Waals surface area (Å²) in [6, 6.07) is 3.52. The third-order valence-corrected chi connectivity index (χ3v) is 4.05. The Morgan fingerprint density at radius 3 is 2.62 bits per heavy atom. The first kappa shape index (κ1) is 12.9. The number of nitrogens with zero attached hydrogens (tertiary/aromatic N) is 1. The number of benzene rings is 1. The summed E-state index contributed by atoms with van der Waals surface area (Å²) in [7, 11) is -2.36. The van der Waals surface area contributed by atoms with E-state index in [1.54, 1.807) is 0 Å². The van der Waals surface area contributed by atoms with E-state index >= 15 is 0 Å². The number of halogens is 1. The molecular formula is C10H15FN2O2S. The molecule has 0 heterocycles. The number of sulfonamides is 1. The van der Waals surface area contributed by atoms with Crippen LogP contribution in [0.25, 0.3) is 0 Å². The molecule has 0 aliphatic heterocycles. The second kappa shape index (κ2) is 4.80. The van der Waals surface area contributed by atoms with Gasteiger partial charge < -0.3 is 5.73 Å². The van der Waals surface area contributed by atoms with Crippen molar-refractivity contribution in [1.29, 1.82) is 0 Å². The highest BCUT2D eigenvalue weighted by atomic mass is 32.2. The molecule has 0 spiro atoms. The zero-order valence-corrected chi connectivity index (χ0v) is 10.1. The zero-order valence-electron chi connectivity index (χ0n) is 9.27. The van der Waals surface area contributed by atoms with Gasteiger partial charge in [-0.15, -0.1) is 0 Å². The summed E-state index contributed by atoms with van der Waals surface area (Å²) >= 11 is 0. The highest BCUT2D eigenvalue weighted by Crippen LogP contribution is 2.20. The summed E-state index contributed by atoms with van der Waals surface area (Å²) in [5, 5.41) is 0. The number of hydrogen-bond donors (Lipinski definition) is 1. The molecule has 0 bridgehead atoms. The maximum atomic E-state index is 13.4. The summed E-state index contributed by atoms with van der Waals surface area (Å²) in [6.45, 7) is 2.19. The molecule has 0 aliphatic carbocycles. The Hall–Kier alpha value is -1.14. The Kier molecular flexibility index (Phi) is 3.88. The average molecular weight is 246 g/mol. The smallest absolute Gasteiger partial charge is 0.245 e. The van der Waals surface area contributed by atoms with Crippen molar-refractivity contribution in [2.45, 2.75) is 18.2 Å². The molecule has 1 aromatic rings. The highest BCUT2D eigenvalue weighted by Gasteiger charge is 2.23. The van der Waals surface area contributed by atoms with E-state index in [1.165, 1.54) is 13.1 Å². The van der Waals surface area contributed by atoms with E-state index in [2.05, 4.69) is 0 Å². The Balaban J connectivity index is 3.21. The first-order valence-corrected chi connectivity index (χ1v) is 6.35. The van der Waals surface area contributed by atoms with Gasteiger partial charge in [0.2, 0.25) is 10.0 Å². The summed E-state index contributed by atoms with van der Waals surface area (Å²) in [4.78, 5) is -0.372. The molecule has 0 amide bonds. The van der Waals surface area contributed by atoms with Gasteiger partial charge >= 0.3 is 0 Å². The molecule has 0 aliphatic rings. The van der Waals surface area contributed by atoms with E-state index < -0.39 is 15.8 Å². The Bertz CT molecular complexity index is 474. The van der Waals surface area contributed by atoms with E-state index in [4.69, 9.17) is 5.73 Å². The van der Waals surface area contributed by atoms with Crippen molar-refractivity contribution >= 4 is 15.7 Å². The second-order valence-electron chi connectivity index (χ2n) is 3.52. The Morgan fingerprint density at radius 2 is 2.06 bits per heavy atom. The van der Waals surface area contributed by atoms with Crippen LogP contribution in [0.4, 0.5) is 10.1 Å². The van der Waals surface area contributed by atoms with Gasteiger partial charge in [-0.3, -0.25) is 0 Å². The molecule has 0 unspecified atom stereocenters. The lowest BCUT2D eigenvalue weighted by Gasteiger charge is -2.16.